The average Bonchev–Trinajstić information content (AvgIpc) is 3.51. The molecule has 30 heavy (non-hydrogen) atoms. The van der Waals surface area contributed by atoms with Crippen LogP contribution in [0, 0.1) is 0 Å². The number of benzene rings is 1. The molecule has 1 fully saturated rings. The van der Waals surface area contributed by atoms with Crippen molar-refractivity contribution in [1.82, 2.24) is 10.3 Å². The van der Waals surface area contributed by atoms with Crippen molar-refractivity contribution in [2.45, 2.75) is 31.3 Å². The maximum absolute atomic E-state index is 12.8. The highest BCUT2D eigenvalue weighted by molar-refractivity contribution is 6.03. The fraction of sp³-hybridized carbons (Fsp3) is 0.333. The van der Waals surface area contributed by atoms with Gasteiger partial charge in [0.15, 0.2) is 6.61 Å². The Morgan fingerprint density at radius 3 is 2.70 bits per heavy atom. The van der Waals surface area contributed by atoms with Crippen LogP contribution in [0.5, 0.6) is 5.75 Å². The smallest absolute Gasteiger partial charge is 0.329 e. The third-order valence-electron chi connectivity index (χ3n) is 5.08. The number of ether oxygens (including phenoxy) is 2. The number of nitrogens with one attached hydrogen (secondary N) is 1. The molecule has 0 unspecified atom stereocenters. The summed E-state index contributed by atoms with van der Waals surface area (Å²) in [6.07, 6.45) is 2.63. The normalized spacial score (nSPS) is 20.6. The first kappa shape index (κ1) is 19.7. The Hall–Kier alpha value is -3.62. The summed E-state index contributed by atoms with van der Waals surface area (Å²) in [6, 6.07) is 9.76. The summed E-state index contributed by atoms with van der Waals surface area (Å²) in [5.41, 5.74) is 1.56. The van der Waals surface area contributed by atoms with Gasteiger partial charge >= 0.3 is 5.97 Å². The molecule has 1 aromatic heterocycles. The minimum atomic E-state index is -0.705. The van der Waals surface area contributed by atoms with Gasteiger partial charge in [-0.15, -0.1) is 0 Å². The van der Waals surface area contributed by atoms with Gasteiger partial charge in [-0.1, -0.05) is 0 Å². The molecule has 2 atom stereocenters. The number of methoxy groups -OCH3 is 1. The van der Waals surface area contributed by atoms with Crippen molar-refractivity contribution in [2.75, 3.05) is 13.7 Å². The van der Waals surface area contributed by atoms with E-state index in [1.807, 2.05) is 24.3 Å². The van der Waals surface area contributed by atoms with Gasteiger partial charge in [0.25, 0.3) is 5.91 Å². The van der Waals surface area contributed by atoms with Gasteiger partial charge in [-0.05, 0) is 48.4 Å². The second kappa shape index (κ2) is 8.40. The Bertz CT molecular complexity index is 967. The lowest BCUT2D eigenvalue weighted by molar-refractivity contribution is -0.154. The molecular weight excluding hydrogens is 390 g/mol. The highest BCUT2D eigenvalue weighted by atomic mass is 16.5. The van der Waals surface area contributed by atoms with E-state index in [1.165, 1.54) is 11.3 Å². The van der Waals surface area contributed by atoms with Gasteiger partial charge in [0.05, 0.1) is 19.1 Å². The molecular formula is C21H21N3O6. The number of amides is 2. The van der Waals surface area contributed by atoms with Crippen LogP contribution in [0.25, 0.3) is 0 Å². The predicted octanol–water partition coefficient (Wildman–Crippen LogP) is 1.79. The molecule has 0 radical (unpaired) electrons. The van der Waals surface area contributed by atoms with Crippen molar-refractivity contribution in [1.29, 1.82) is 0 Å². The van der Waals surface area contributed by atoms with Crippen LogP contribution in [0.3, 0.4) is 0 Å². The SMILES string of the molecule is COc1ccc(C2=NN(C(=O)COC(=O)[C@H]3CCC(=O)N3)[C@@H](c3ccco3)C2)cc1. The zero-order chi connectivity index (χ0) is 21.1. The molecule has 0 saturated carbocycles. The van der Waals surface area contributed by atoms with E-state index in [0.717, 1.165) is 11.3 Å². The number of carbonyl (C=O) groups is 3. The van der Waals surface area contributed by atoms with E-state index in [-0.39, 0.29) is 12.3 Å². The predicted molar refractivity (Wildman–Crippen MR) is 105 cm³/mol. The lowest BCUT2D eigenvalue weighted by Gasteiger charge is -2.20. The highest BCUT2D eigenvalue weighted by Gasteiger charge is 2.36. The van der Waals surface area contributed by atoms with E-state index < -0.39 is 30.6 Å². The topological polar surface area (TPSA) is 110 Å². The largest absolute Gasteiger partial charge is 0.497 e. The fourth-order valence-electron chi connectivity index (χ4n) is 3.49. The molecule has 0 spiro atoms. The number of hydrazone groups is 1. The van der Waals surface area contributed by atoms with Crippen LogP contribution in [0.2, 0.25) is 0 Å². The zero-order valence-electron chi connectivity index (χ0n) is 16.4. The van der Waals surface area contributed by atoms with Gasteiger partial charge < -0.3 is 19.2 Å². The van der Waals surface area contributed by atoms with Gasteiger partial charge in [0, 0.05) is 12.8 Å². The summed E-state index contributed by atoms with van der Waals surface area (Å²) >= 11 is 0. The summed E-state index contributed by atoms with van der Waals surface area (Å²) in [4.78, 5) is 36.2. The summed E-state index contributed by atoms with van der Waals surface area (Å²) in [6.45, 7) is -0.470. The zero-order valence-corrected chi connectivity index (χ0v) is 16.4. The van der Waals surface area contributed by atoms with E-state index in [0.29, 0.717) is 24.3 Å². The van der Waals surface area contributed by atoms with Crippen molar-refractivity contribution in [3.63, 3.8) is 0 Å². The van der Waals surface area contributed by atoms with Crippen LogP contribution in [0.4, 0.5) is 0 Å². The van der Waals surface area contributed by atoms with Crippen molar-refractivity contribution < 1.29 is 28.3 Å². The van der Waals surface area contributed by atoms with Crippen LogP contribution in [-0.4, -0.2) is 48.3 Å². The molecule has 2 aliphatic rings. The lowest BCUT2D eigenvalue weighted by Crippen LogP contribution is -2.37. The third kappa shape index (κ3) is 4.05. The summed E-state index contributed by atoms with van der Waals surface area (Å²) < 4.78 is 15.8. The molecule has 1 N–H and O–H groups in total. The van der Waals surface area contributed by atoms with Gasteiger partial charge in [-0.2, -0.15) is 5.10 Å². The van der Waals surface area contributed by atoms with Crippen molar-refractivity contribution in [3.8, 4) is 5.75 Å². The molecule has 2 aliphatic heterocycles. The van der Waals surface area contributed by atoms with Crippen LogP contribution in [0.1, 0.15) is 36.6 Å². The highest BCUT2D eigenvalue weighted by Crippen LogP contribution is 2.33. The maximum Gasteiger partial charge on any atom is 0.329 e. The van der Waals surface area contributed by atoms with Crippen molar-refractivity contribution >= 4 is 23.5 Å². The summed E-state index contributed by atoms with van der Waals surface area (Å²) in [5, 5.41) is 8.29. The standard InChI is InChI=1S/C21H21N3O6/c1-28-14-6-4-13(5-7-14)16-11-17(18-3-2-10-29-18)24(23-16)20(26)12-30-21(27)15-8-9-19(25)22-15/h2-7,10,15,17H,8-9,11-12H2,1H3,(H,22,25)/t15-,17-/m1/s1. The number of hydrogen-bond acceptors (Lipinski definition) is 7. The number of furan rings is 1. The van der Waals surface area contributed by atoms with E-state index in [2.05, 4.69) is 10.4 Å². The maximum atomic E-state index is 12.8. The lowest BCUT2D eigenvalue weighted by atomic mass is 10.0. The molecule has 1 saturated heterocycles. The Morgan fingerprint density at radius 1 is 1.27 bits per heavy atom. The molecule has 9 nitrogen and oxygen atoms in total. The van der Waals surface area contributed by atoms with E-state index in [4.69, 9.17) is 13.9 Å². The second-order valence-electron chi connectivity index (χ2n) is 7.02. The monoisotopic (exact) mass is 411 g/mol. The third-order valence-corrected chi connectivity index (χ3v) is 5.08. The minimum absolute atomic E-state index is 0.200. The van der Waals surface area contributed by atoms with Gasteiger partial charge in [0.1, 0.15) is 23.6 Å². The van der Waals surface area contributed by atoms with Crippen molar-refractivity contribution in [2.24, 2.45) is 5.10 Å². The van der Waals surface area contributed by atoms with Crippen LogP contribution in [0.15, 0.2) is 52.2 Å². The number of nitrogens with zero attached hydrogens (tertiary/aromatic N) is 2. The van der Waals surface area contributed by atoms with E-state index in [1.54, 1.807) is 19.2 Å². The number of rotatable bonds is 6. The first-order valence-corrected chi connectivity index (χ1v) is 9.58. The van der Waals surface area contributed by atoms with Crippen LogP contribution < -0.4 is 10.1 Å². The minimum Gasteiger partial charge on any atom is -0.497 e. The molecule has 1 aromatic carbocycles. The first-order chi connectivity index (χ1) is 14.5. The van der Waals surface area contributed by atoms with Gasteiger partial charge in [-0.25, -0.2) is 9.80 Å². The van der Waals surface area contributed by atoms with E-state index >= 15 is 0 Å². The number of hydrogen-bond donors (Lipinski definition) is 1. The number of esters is 1. The summed E-state index contributed by atoms with van der Waals surface area (Å²) in [7, 11) is 1.59. The second-order valence-corrected chi connectivity index (χ2v) is 7.02. The average molecular weight is 411 g/mol. The Labute approximate surface area is 172 Å². The van der Waals surface area contributed by atoms with Gasteiger partial charge in [0.2, 0.25) is 5.91 Å². The Morgan fingerprint density at radius 2 is 2.07 bits per heavy atom. The van der Waals surface area contributed by atoms with Crippen molar-refractivity contribution in [3.05, 3.63) is 54.0 Å². The summed E-state index contributed by atoms with van der Waals surface area (Å²) in [5.74, 6) is 0.0121. The molecule has 0 bridgehead atoms. The molecule has 2 amide bonds. The quantitative estimate of drug-likeness (QED) is 0.726. The fourth-order valence-corrected chi connectivity index (χ4v) is 3.49. The molecule has 2 aromatic rings. The molecule has 9 heteroatoms. The van der Waals surface area contributed by atoms with Crippen LogP contribution >= 0.6 is 0 Å². The first-order valence-electron chi connectivity index (χ1n) is 9.58. The Balaban J connectivity index is 1.48. The molecule has 156 valence electrons. The molecule has 0 aliphatic carbocycles. The van der Waals surface area contributed by atoms with Crippen LogP contribution in [-0.2, 0) is 19.1 Å². The van der Waals surface area contributed by atoms with E-state index in [9.17, 15) is 14.4 Å². The number of carbonyl (C=O) groups excluding carboxylic acids is 3. The van der Waals surface area contributed by atoms with Gasteiger partial charge in [-0.3, -0.25) is 9.59 Å². The molecule has 3 heterocycles. The molecule has 4 rings (SSSR count). The Kier molecular flexibility index (Phi) is 5.51.